The Labute approximate surface area is 214 Å². The lowest BCUT2D eigenvalue weighted by molar-refractivity contribution is -0.157. The van der Waals surface area contributed by atoms with Crippen LogP contribution in [0.1, 0.15) is 89.2 Å². The van der Waals surface area contributed by atoms with Crippen LogP contribution in [0, 0.1) is 17.2 Å². The highest BCUT2D eigenvalue weighted by atomic mass is 19.1. The van der Waals surface area contributed by atoms with Gasteiger partial charge < -0.3 is 9.47 Å². The van der Waals surface area contributed by atoms with Gasteiger partial charge >= 0.3 is 5.97 Å². The number of alkyl halides is 1. The molecule has 1 aromatic heterocycles. The number of carbonyl (C=O) groups is 1. The van der Waals surface area contributed by atoms with Crippen molar-refractivity contribution < 1.29 is 18.7 Å². The summed E-state index contributed by atoms with van der Waals surface area (Å²) in [5.41, 5.74) is 2.36. The van der Waals surface area contributed by atoms with Crippen LogP contribution in [0.2, 0.25) is 0 Å². The van der Waals surface area contributed by atoms with E-state index in [1.54, 1.807) is 12.1 Å². The van der Waals surface area contributed by atoms with Gasteiger partial charge in [0.25, 0.3) is 0 Å². The molecule has 1 heterocycles. The molecule has 1 fully saturated rings. The Hall–Kier alpha value is -3.01. The number of rotatable bonds is 13. The van der Waals surface area contributed by atoms with Crippen molar-refractivity contribution >= 4 is 5.97 Å². The third-order valence-corrected chi connectivity index (χ3v) is 6.75. The van der Waals surface area contributed by atoms with E-state index in [1.807, 2.05) is 25.4 Å². The monoisotopic (exact) mass is 495 g/mol. The Kier molecular flexibility index (Phi) is 11.1. The SMILES string of the molecule is CCCCCc1cnc(-c2ccc(OCC3CCC(OC(=O)[C@@H](F)CCCC)CC3)c(C#N)c2)nc1. The maximum Gasteiger partial charge on any atom is 0.340 e. The average molecular weight is 496 g/mol. The summed E-state index contributed by atoms with van der Waals surface area (Å²) in [5.74, 6) is 0.714. The fourth-order valence-electron chi connectivity index (χ4n) is 4.46. The molecular formula is C29H38FN3O3. The van der Waals surface area contributed by atoms with Gasteiger partial charge in [-0.3, -0.25) is 0 Å². The highest BCUT2D eigenvalue weighted by molar-refractivity contribution is 5.74. The summed E-state index contributed by atoms with van der Waals surface area (Å²) in [6, 6.07) is 7.67. The Bertz CT molecular complexity index is 998. The van der Waals surface area contributed by atoms with Crippen molar-refractivity contribution in [3.63, 3.8) is 0 Å². The van der Waals surface area contributed by atoms with E-state index in [2.05, 4.69) is 23.0 Å². The molecule has 194 valence electrons. The van der Waals surface area contributed by atoms with E-state index >= 15 is 0 Å². The molecule has 2 aromatic rings. The van der Waals surface area contributed by atoms with Crippen molar-refractivity contribution in [2.45, 2.75) is 96.8 Å². The van der Waals surface area contributed by atoms with E-state index in [1.165, 1.54) is 12.8 Å². The van der Waals surface area contributed by atoms with Gasteiger partial charge in [-0.05, 0) is 74.6 Å². The summed E-state index contributed by atoms with van der Waals surface area (Å²) in [5, 5.41) is 9.66. The van der Waals surface area contributed by atoms with Crippen LogP contribution in [0.4, 0.5) is 4.39 Å². The Morgan fingerprint density at radius 2 is 1.83 bits per heavy atom. The molecule has 7 heteroatoms. The summed E-state index contributed by atoms with van der Waals surface area (Å²) in [7, 11) is 0. The van der Waals surface area contributed by atoms with Gasteiger partial charge in [0.05, 0.1) is 12.2 Å². The zero-order chi connectivity index (χ0) is 25.8. The number of benzene rings is 1. The molecule has 1 aliphatic rings. The molecule has 6 nitrogen and oxygen atoms in total. The smallest absolute Gasteiger partial charge is 0.340 e. The number of aromatic nitrogens is 2. The van der Waals surface area contributed by atoms with Crippen LogP contribution in [-0.2, 0) is 16.0 Å². The maximum atomic E-state index is 13.9. The molecule has 0 spiro atoms. The summed E-state index contributed by atoms with van der Waals surface area (Å²) in [4.78, 5) is 20.9. The molecular weight excluding hydrogens is 457 g/mol. The molecule has 0 bridgehead atoms. The first kappa shape index (κ1) is 27.6. The quantitative estimate of drug-likeness (QED) is 0.225. The lowest BCUT2D eigenvalue weighted by atomic mass is 9.88. The highest BCUT2D eigenvalue weighted by Gasteiger charge is 2.27. The van der Waals surface area contributed by atoms with Crippen molar-refractivity contribution in [1.29, 1.82) is 5.26 Å². The van der Waals surface area contributed by atoms with Crippen LogP contribution >= 0.6 is 0 Å². The molecule has 3 rings (SSSR count). The Morgan fingerprint density at radius 1 is 1.11 bits per heavy atom. The van der Waals surface area contributed by atoms with Crippen LogP contribution in [0.15, 0.2) is 30.6 Å². The molecule has 0 aliphatic heterocycles. The average Bonchev–Trinajstić information content (AvgIpc) is 2.91. The number of hydrogen-bond donors (Lipinski definition) is 0. The van der Waals surface area contributed by atoms with Gasteiger partial charge in [0.1, 0.15) is 17.9 Å². The van der Waals surface area contributed by atoms with Crippen molar-refractivity contribution in [3.8, 4) is 23.2 Å². The van der Waals surface area contributed by atoms with Gasteiger partial charge in [0.2, 0.25) is 0 Å². The van der Waals surface area contributed by atoms with E-state index in [0.29, 0.717) is 48.9 Å². The standard InChI is InChI=1S/C29H38FN3O3/c1-3-5-7-8-22-18-32-28(33-19-22)23-12-15-27(24(16-23)17-31)35-20-21-10-13-25(14-11-21)36-29(34)26(30)9-6-4-2/h12,15-16,18-19,21,25-26H,3-11,13-14,20H2,1-2H3/t21?,25?,26-/m0/s1. The molecule has 1 saturated carbocycles. The van der Waals surface area contributed by atoms with Gasteiger partial charge in [0, 0.05) is 18.0 Å². The van der Waals surface area contributed by atoms with E-state index in [4.69, 9.17) is 9.47 Å². The zero-order valence-corrected chi connectivity index (χ0v) is 21.5. The van der Waals surface area contributed by atoms with Gasteiger partial charge in [-0.1, -0.05) is 39.5 Å². The topological polar surface area (TPSA) is 85.1 Å². The van der Waals surface area contributed by atoms with Crippen molar-refractivity contribution in [2.75, 3.05) is 6.61 Å². The highest BCUT2D eigenvalue weighted by Crippen LogP contribution is 2.30. The lowest BCUT2D eigenvalue weighted by Gasteiger charge is -2.28. The summed E-state index contributed by atoms with van der Waals surface area (Å²) in [6.07, 6.45) is 11.3. The number of nitrogens with zero attached hydrogens (tertiary/aromatic N) is 3. The number of carbonyl (C=O) groups excluding carboxylic acids is 1. The number of unbranched alkanes of at least 4 members (excludes halogenated alkanes) is 3. The second-order valence-corrected chi connectivity index (χ2v) is 9.70. The third-order valence-electron chi connectivity index (χ3n) is 6.75. The predicted molar refractivity (Wildman–Crippen MR) is 137 cm³/mol. The predicted octanol–water partition coefficient (Wildman–Crippen LogP) is 6.76. The minimum atomic E-state index is -1.52. The van der Waals surface area contributed by atoms with Crippen LogP contribution in [-0.4, -0.2) is 34.8 Å². The first-order chi connectivity index (χ1) is 17.5. The number of nitriles is 1. The normalized spacial score (nSPS) is 18.3. The van der Waals surface area contributed by atoms with Crippen LogP contribution in [0.5, 0.6) is 5.75 Å². The summed E-state index contributed by atoms with van der Waals surface area (Å²) in [6.45, 7) is 4.64. The van der Waals surface area contributed by atoms with Gasteiger partial charge in [-0.25, -0.2) is 19.2 Å². The second-order valence-electron chi connectivity index (χ2n) is 9.70. The fraction of sp³-hybridized carbons (Fsp3) is 0.586. The Balaban J connectivity index is 1.48. The fourth-order valence-corrected chi connectivity index (χ4v) is 4.46. The molecule has 0 N–H and O–H groups in total. The van der Waals surface area contributed by atoms with Crippen LogP contribution in [0.25, 0.3) is 11.4 Å². The van der Waals surface area contributed by atoms with E-state index in [-0.39, 0.29) is 12.5 Å². The molecule has 0 unspecified atom stereocenters. The largest absolute Gasteiger partial charge is 0.492 e. The number of hydrogen-bond acceptors (Lipinski definition) is 6. The molecule has 0 radical (unpaired) electrons. The van der Waals surface area contributed by atoms with Crippen LogP contribution in [0.3, 0.4) is 0 Å². The molecule has 1 aliphatic carbocycles. The summed E-state index contributed by atoms with van der Waals surface area (Å²) < 4.78 is 25.3. The van der Waals surface area contributed by atoms with E-state index in [9.17, 15) is 14.4 Å². The molecule has 0 saturated heterocycles. The lowest BCUT2D eigenvalue weighted by Crippen LogP contribution is -2.30. The first-order valence-electron chi connectivity index (χ1n) is 13.4. The van der Waals surface area contributed by atoms with Crippen molar-refractivity contribution in [1.82, 2.24) is 9.97 Å². The number of ether oxygens (including phenoxy) is 2. The van der Waals surface area contributed by atoms with E-state index in [0.717, 1.165) is 43.2 Å². The third kappa shape index (κ3) is 8.29. The van der Waals surface area contributed by atoms with Crippen molar-refractivity contribution in [3.05, 3.63) is 41.7 Å². The second kappa shape index (κ2) is 14.5. The minimum absolute atomic E-state index is 0.222. The van der Waals surface area contributed by atoms with Crippen LogP contribution < -0.4 is 4.74 Å². The number of esters is 1. The molecule has 36 heavy (non-hydrogen) atoms. The minimum Gasteiger partial charge on any atom is -0.492 e. The van der Waals surface area contributed by atoms with Gasteiger partial charge in [0.15, 0.2) is 12.0 Å². The Morgan fingerprint density at radius 3 is 2.50 bits per heavy atom. The van der Waals surface area contributed by atoms with Gasteiger partial charge in [-0.15, -0.1) is 0 Å². The van der Waals surface area contributed by atoms with Gasteiger partial charge in [-0.2, -0.15) is 5.26 Å². The number of aryl methyl sites for hydroxylation is 1. The van der Waals surface area contributed by atoms with Crippen molar-refractivity contribution in [2.24, 2.45) is 5.92 Å². The maximum absolute atomic E-state index is 13.9. The molecule has 0 amide bonds. The summed E-state index contributed by atoms with van der Waals surface area (Å²) >= 11 is 0. The zero-order valence-electron chi connectivity index (χ0n) is 21.5. The number of halogens is 1. The first-order valence-corrected chi connectivity index (χ1v) is 13.4. The molecule has 1 aromatic carbocycles. The van der Waals surface area contributed by atoms with E-state index < -0.39 is 12.1 Å². The molecule has 1 atom stereocenters.